The first-order valence-electron chi connectivity index (χ1n) is 5.47. The van der Waals surface area contributed by atoms with Crippen molar-refractivity contribution in [1.82, 2.24) is 4.98 Å². The van der Waals surface area contributed by atoms with Gasteiger partial charge in [0.2, 0.25) is 0 Å². The Morgan fingerprint density at radius 3 is 2.55 bits per heavy atom. The highest BCUT2D eigenvalue weighted by Crippen LogP contribution is 2.23. The van der Waals surface area contributed by atoms with Gasteiger partial charge in [-0.3, -0.25) is 9.52 Å². The van der Waals surface area contributed by atoms with Crippen LogP contribution in [0.3, 0.4) is 0 Å². The maximum atomic E-state index is 12.2. The molecular weight excluding hydrogens is 323 g/mol. The minimum absolute atomic E-state index is 0.138. The Labute approximate surface area is 125 Å². The second-order valence-electron chi connectivity index (χ2n) is 4.08. The average molecular weight is 333 g/mol. The monoisotopic (exact) mass is 332 g/mol. The molecule has 1 heterocycles. The molecule has 0 bridgehead atoms. The first kappa shape index (κ1) is 14.9. The SMILES string of the molecule is Cc1ccc(Cl)cc1NS(=O)(=O)c1c[nH]c(=O)c(Cl)c1. The molecule has 0 fully saturated rings. The van der Waals surface area contributed by atoms with E-state index in [1.165, 1.54) is 6.07 Å². The van der Waals surface area contributed by atoms with E-state index in [1.54, 1.807) is 19.1 Å². The zero-order chi connectivity index (χ0) is 14.9. The standard InChI is InChI=1S/C12H10Cl2N2O3S/c1-7-2-3-8(13)4-11(7)16-20(18,19)9-5-10(14)12(17)15-6-9/h2-6,16H,1H3,(H,15,17). The van der Waals surface area contributed by atoms with Gasteiger partial charge in [-0.25, -0.2) is 8.42 Å². The topological polar surface area (TPSA) is 79.0 Å². The van der Waals surface area contributed by atoms with Crippen molar-refractivity contribution < 1.29 is 8.42 Å². The number of aromatic amines is 1. The molecule has 2 aromatic rings. The van der Waals surface area contributed by atoms with E-state index < -0.39 is 15.6 Å². The lowest BCUT2D eigenvalue weighted by Gasteiger charge is -2.10. The van der Waals surface area contributed by atoms with Crippen LogP contribution in [0.15, 0.2) is 40.2 Å². The summed E-state index contributed by atoms with van der Waals surface area (Å²) in [6, 6.07) is 5.94. The molecule has 8 heteroatoms. The molecule has 5 nitrogen and oxygen atoms in total. The van der Waals surface area contributed by atoms with Crippen LogP contribution in [0.2, 0.25) is 10.0 Å². The van der Waals surface area contributed by atoms with Crippen molar-refractivity contribution in [3.8, 4) is 0 Å². The maximum absolute atomic E-state index is 12.2. The highest BCUT2D eigenvalue weighted by atomic mass is 35.5. The van der Waals surface area contributed by atoms with Gasteiger partial charge in [0.1, 0.15) is 9.92 Å². The van der Waals surface area contributed by atoms with Crippen molar-refractivity contribution in [2.75, 3.05) is 4.72 Å². The van der Waals surface area contributed by atoms with Crippen LogP contribution < -0.4 is 10.3 Å². The Morgan fingerprint density at radius 2 is 1.90 bits per heavy atom. The number of pyridine rings is 1. The predicted octanol–water partition coefficient (Wildman–Crippen LogP) is 2.79. The molecule has 106 valence electrons. The third-order valence-corrected chi connectivity index (χ3v) is 4.45. The minimum atomic E-state index is -3.86. The lowest BCUT2D eigenvalue weighted by Crippen LogP contribution is -2.16. The molecule has 0 spiro atoms. The third kappa shape index (κ3) is 3.15. The predicted molar refractivity (Wildman–Crippen MR) is 79.1 cm³/mol. The normalized spacial score (nSPS) is 11.3. The van der Waals surface area contributed by atoms with E-state index in [0.717, 1.165) is 12.3 Å². The number of hydrogen-bond acceptors (Lipinski definition) is 3. The van der Waals surface area contributed by atoms with Gasteiger partial charge in [-0.2, -0.15) is 0 Å². The summed E-state index contributed by atoms with van der Waals surface area (Å²) in [5, 5.41) is 0.212. The minimum Gasteiger partial charge on any atom is -0.326 e. The van der Waals surface area contributed by atoms with Crippen LogP contribution in [-0.4, -0.2) is 13.4 Å². The zero-order valence-electron chi connectivity index (χ0n) is 10.3. The number of benzene rings is 1. The molecule has 2 N–H and O–H groups in total. The number of halogens is 2. The zero-order valence-corrected chi connectivity index (χ0v) is 12.6. The molecule has 0 saturated heterocycles. The number of anilines is 1. The van der Waals surface area contributed by atoms with Gasteiger partial charge in [0.25, 0.3) is 15.6 Å². The number of aromatic nitrogens is 1. The summed E-state index contributed by atoms with van der Waals surface area (Å²) >= 11 is 11.5. The van der Waals surface area contributed by atoms with E-state index in [2.05, 4.69) is 9.71 Å². The van der Waals surface area contributed by atoms with Gasteiger partial charge in [-0.15, -0.1) is 0 Å². The summed E-state index contributed by atoms with van der Waals surface area (Å²) < 4.78 is 26.8. The molecule has 0 aliphatic carbocycles. The van der Waals surface area contributed by atoms with Crippen molar-refractivity contribution >= 4 is 38.9 Å². The van der Waals surface area contributed by atoms with Gasteiger partial charge in [-0.1, -0.05) is 29.3 Å². The number of H-pyrrole nitrogens is 1. The van der Waals surface area contributed by atoms with Crippen LogP contribution in [0.25, 0.3) is 0 Å². The molecular formula is C12H10Cl2N2O3S. The molecule has 0 aliphatic rings. The van der Waals surface area contributed by atoms with Crippen molar-refractivity contribution in [2.45, 2.75) is 11.8 Å². The second kappa shape index (κ2) is 5.47. The fraction of sp³-hybridized carbons (Fsp3) is 0.0833. The third-order valence-electron chi connectivity index (χ3n) is 2.59. The molecule has 1 aromatic heterocycles. The number of rotatable bonds is 3. The molecule has 0 radical (unpaired) electrons. The van der Waals surface area contributed by atoms with E-state index in [4.69, 9.17) is 23.2 Å². The van der Waals surface area contributed by atoms with Crippen LogP contribution in [0.4, 0.5) is 5.69 Å². The van der Waals surface area contributed by atoms with Crippen molar-refractivity contribution in [1.29, 1.82) is 0 Å². The smallest absolute Gasteiger partial charge is 0.266 e. The fourth-order valence-corrected chi connectivity index (χ4v) is 3.02. The Bertz CT molecular complexity index is 816. The van der Waals surface area contributed by atoms with Gasteiger partial charge in [-0.05, 0) is 30.7 Å². The van der Waals surface area contributed by atoms with Gasteiger partial charge in [0.05, 0.1) is 5.69 Å². The summed E-state index contributed by atoms with van der Waals surface area (Å²) in [6.07, 6.45) is 1.08. The molecule has 2 rings (SSSR count). The van der Waals surface area contributed by atoms with Gasteiger partial charge < -0.3 is 4.98 Å². The largest absolute Gasteiger partial charge is 0.326 e. The number of aryl methyl sites for hydroxylation is 1. The van der Waals surface area contributed by atoms with Crippen LogP contribution in [-0.2, 0) is 10.0 Å². The summed E-state index contributed by atoms with van der Waals surface area (Å²) in [7, 11) is -3.86. The maximum Gasteiger partial charge on any atom is 0.266 e. The molecule has 1 aromatic carbocycles. The number of hydrogen-bond donors (Lipinski definition) is 2. The van der Waals surface area contributed by atoms with Crippen LogP contribution >= 0.6 is 23.2 Å². The van der Waals surface area contributed by atoms with Crippen LogP contribution in [0.5, 0.6) is 0 Å². The van der Waals surface area contributed by atoms with E-state index in [-0.39, 0.29) is 9.92 Å². The van der Waals surface area contributed by atoms with Crippen LogP contribution in [0.1, 0.15) is 5.56 Å². The first-order valence-corrected chi connectivity index (χ1v) is 7.71. The number of nitrogens with one attached hydrogen (secondary N) is 2. The Hall–Kier alpha value is -1.50. The van der Waals surface area contributed by atoms with Crippen molar-refractivity contribution in [3.05, 3.63) is 56.4 Å². The number of sulfonamides is 1. The van der Waals surface area contributed by atoms with E-state index in [1.807, 2.05) is 0 Å². The highest BCUT2D eigenvalue weighted by Gasteiger charge is 2.17. The van der Waals surface area contributed by atoms with E-state index >= 15 is 0 Å². The summed E-state index contributed by atoms with van der Waals surface area (Å²) in [4.78, 5) is 13.3. The second-order valence-corrected chi connectivity index (χ2v) is 6.60. The fourth-order valence-electron chi connectivity index (χ4n) is 1.50. The van der Waals surface area contributed by atoms with Crippen molar-refractivity contribution in [3.63, 3.8) is 0 Å². The Balaban J connectivity index is 2.43. The molecule has 20 heavy (non-hydrogen) atoms. The molecule has 0 atom stereocenters. The summed E-state index contributed by atoms with van der Waals surface area (Å²) in [5.41, 5.74) is 0.526. The lowest BCUT2D eigenvalue weighted by molar-refractivity contribution is 0.600. The average Bonchev–Trinajstić information content (AvgIpc) is 2.36. The van der Waals surface area contributed by atoms with Crippen molar-refractivity contribution in [2.24, 2.45) is 0 Å². The van der Waals surface area contributed by atoms with Gasteiger partial charge in [0.15, 0.2) is 0 Å². The quantitative estimate of drug-likeness (QED) is 0.906. The van der Waals surface area contributed by atoms with E-state index in [9.17, 15) is 13.2 Å². The first-order chi connectivity index (χ1) is 9.29. The van der Waals surface area contributed by atoms with E-state index in [0.29, 0.717) is 16.3 Å². The summed E-state index contributed by atoms with van der Waals surface area (Å²) in [5.74, 6) is 0. The van der Waals surface area contributed by atoms with Gasteiger partial charge >= 0.3 is 0 Å². The lowest BCUT2D eigenvalue weighted by atomic mass is 10.2. The van der Waals surface area contributed by atoms with Crippen LogP contribution in [0, 0.1) is 6.92 Å². The van der Waals surface area contributed by atoms with Gasteiger partial charge in [0, 0.05) is 11.2 Å². The Kier molecular flexibility index (Phi) is 4.08. The molecule has 0 amide bonds. The molecule has 0 unspecified atom stereocenters. The Morgan fingerprint density at radius 1 is 1.20 bits per heavy atom. The summed E-state index contributed by atoms with van der Waals surface area (Å²) in [6.45, 7) is 1.74. The molecule has 0 saturated carbocycles. The highest BCUT2D eigenvalue weighted by molar-refractivity contribution is 7.92. The molecule has 0 aliphatic heterocycles.